The zero-order chi connectivity index (χ0) is 14.9. The highest BCUT2D eigenvalue weighted by molar-refractivity contribution is 7.63. The van der Waals surface area contributed by atoms with E-state index in [0.717, 1.165) is 11.1 Å². The largest absolute Gasteiger partial charge is 0.305 e. The smallest absolute Gasteiger partial charge is 0.171 e. The lowest BCUT2D eigenvalue weighted by Crippen LogP contribution is -2.15. The summed E-state index contributed by atoms with van der Waals surface area (Å²) in [5.41, 5.74) is 2.20. The summed E-state index contributed by atoms with van der Waals surface area (Å²) >= 11 is 0. The van der Waals surface area contributed by atoms with Crippen LogP contribution >= 0.6 is 7.29 Å². The highest BCUT2D eigenvalue weighted by Gasteiger charge is 2.45. The predicted molar refractivity (Wildman–Crippen MR) is 88.8 cm³/mol. The van der Waals surface area contributed by atoms with E-state index in [2.05, 4.69) is 36.4 Å². The van der Waals surface area contributed by atoms with Crippen molar-refractivity contribution in [1.29, 1.82) is 0 Å². The zero-order valence-corrected chi connectivity index (χ0v) is 13.3. The van der Waals surface area contributed by atoms with Gasteiger partial charge in [-0.2, -0.15) is 0 Å². The Morgan fingerprint density at radius 3 is 1.48 bits per heavy atom. The lowest BCUT2D eigenvalue weighted by Gasteiger charge is -2.32. The summed E-state index contributed by atoms with van der Waals surface area (Å²) in [6.45, 7) is 0. The maximum Gasteiger partial charge on any atom is 0.171 e. The number of hydrogen-bond acceptors (Lipinski definition) is 1. The number of allylic oxidation sites excluding steroid dienone is 2. The molecule has 0 aliphatic carbocycles. The van der Waals surface area contributed by atoms with E-state index in [0.29, 0.717) is 0 Å². The zero-order valence-electron chi connectivity index (χ0n) is 12.4. The Labute approximate surface area is 126 Å². The van der Waals surface area contributed by atoms with E-state index < -0.39 is 7.29 Å². The first kappa shape index (κ1) is 14.3. The van der Waals surface area contributed by atoms with Gasteiger partial charge in [0.05, 0.1) is 11.3 Å². The van der Waals surface area contributed by atoms with Crippen LogP contribution in [-0.2, 0) is 4.57 Å². The van der Waals surface area contributed by atoms with E-state index in [1.807, 2.05) is 55.2 Å². The van der Waals surface area contributed by atoms with Gasteiger partial charge in [-0.3, -0.25) is 4.67 Å². The summed E-state index contributed by atoms with van der Waals surface area (Å²) in [6, 6.07) is 20.3. The van der Waals surface area contributed by atoms with Crippen LogP contribution in [0.25, 0.3) is 0 Å². The van der Waals surface area contributed by atoms with Gasteiger partial charge in [0.2, 0.25) is 0 Å². The molecule has 2 aromatic rings. The summed E-state index contributed by atoms with van der Waals surface area (Å²) in [4.78, 5) is 0. The van der Waals surface area contributed by atoms with Crippen molar-refractivity contribution in [2.75, 3.05) is 14.1 Å². The molecule has 1 aliphatic heterocycles. The van der Waals surface area contributed by atoms with Gasteiger partial charge in [0, 0.05) is 0 Å². The monoisotopic (exact) mass is 297 g/mol. The Balaban J connectivity index is 2.06. The second kappa shape index (κ2) is 5.63. The summed E-state index contributed by atoms with van der Waals surface area (Å²) in [7, 11) is 1.28. The van der Waals surface area contributed by atoms with E-state index >= 15 is 0 Å². The molecule has 3 heteroatoms. The molecule has 0 aromatic heterocycles. The number of rotatable bonds is 3. The minimum Gasteiger partial charge on any atom is -0.305 e. The van der Waals surface area contributed by atoms with Crippen LogP contribution in [0.2, 0.25) is 0 Å². The van der Waals surface area contributed by atoms with Crippen molar-refractivity contribution in [3.8, 4) is 0 Å². The second-order valence-corrected chi connectivity index (χ2v) is 8.87. The van der Waals surface area contributed by atoms with Crippen molar-refractivity contribution in [3.63, 3.8) is 0 Å². The lowest BCUT2D eigenvalue weighted by molar-refractivity contribution is 0.505. The molecule has 3 rings (SSSR count). The van der Waals surface area contributed by atoms with Crippen molar-refractivity contribution in [2.45, 2.75) is 11.3 Å². The van der Waals surface area contributed by atoms with E-state index in [1.165, 1.54) is 0 Å². The first-order valence-corrected chi connectivity index (χ1v) is 8.99. The third-order valence-corrected chi connectivity index (χ3v) is 7.97. The van der Waals surface area contributed by atoms with Crippen molar-refractivity contribution >= 4 is 7.29 Å². The number of hydrogen-bond donors (Lipinski definition) is 0. The summed E-state index contributed by atoms with van der Waals surface area (Å²) < 4.78 is 15.8. The van der Waals surface area contributed by atoms with Gasteiger partial charge in [-0.1, -0.05) is 72.8 Å². The predicted octanol–water partition coefficient (Wildman–Crippen LogP) is 4.88. The average Bonchev–Trinajstić information content (AvgIpc) is 2.88. The average molecular weight is 297 g/mol. The van der Waals surface area contributed by atoms with Gasteiger partial charge in [-0.25, -0.2) is 0 Å². The lowest BCUT2D eigenvalue weighted by atomic mass is 10.1. The summed E-state index contributed by atoms with van der Waals surface area (Å²) in [5.74, 6) is 0. The standard InChI is InChI=1S/C18H20NOP/c1-19(2)21(20)17(15-9-5-3-6-10-15)13-14-18(21)16-11-7-4-8-12-16/h3-14,17-18H,1-2H3. The molecule has 0 radical (unpaired) electrons. The van der Waals surface area contributed by atoms with Crippen LogP contribution in [0.15, 0.2) is 72.8 Å². The summed E-state index contributed by atoms with van der Waals surface area (Å²) in [5, 5.41) is 0. The summed E-state index contributed by atoms with van der Waals surface area (Å²) in [6.07, 6.45) is 4.24. The highest BCUT2D eigenvalue weighted by Crippen LogP contribution is 2.74. The fourth-order valence-electron chi connectivity index (χ4n) is 3.08. The normalized spacial score (nSPS) is 28.1. The van der Waals surface area contributed by atoms with Crippen molar-refractivity contribution in [2.24, 2.45) is 0 Å². The molecule has 2 nitrogen and oxygen atoms in total. The van der Waals surface area contributed by atoms with Crippen LogP contribution < -0.4 is 0 Å². The molecule has 0 fully saturated rings. The first-order valence-electron chi connectivity index (χ1n) is 7.19. The third-order valence-electron chi connectivity index (χ3n) is 4.18. The Morgan fingerprint density at radius 2 is 1.14 bits per heavy atom. The molecule has 2 atom stereocenters. The van der Waals surface area contributed by atoms with Crippen LogP contribution in [0.5, 0.6) is 0 Å². The van der Waals surface area contributed by atoms with Crippen LogP contribution in [0.4, 0.5) is 0 Å². The molecular weight excluding hydrogens is 277 g/mol. The Bertz CT molecular complexity index is 625. The van der Waals surface area contributed by atoms with Gasteiger partial charge in [-0.05, 0) is 25.2 Å². The van der Waals surface area contributed by atoms with Crippen LogP contribution in [0, 0.1) is 0 Å². The molecule has 2 unspecified atom stereocenters. The Morgan fingerprint density at radius 1 is 0.762 bits per heavy atom. The molecular formula is C18H20NOP. The van der Waals surface area contributed by atoms with Crippen LogP contribution in [-0.4, -0.2) is 18.8 Å². The van der Waals surface area contributed by atoms with Crippen LogP contribution in [0.3, 0.4) is 0 Å². The van der Waals surface area contributed by atoms with Gasteiger partial charge in [0.1, 0.15) is 0 Å². The van der Waals surface area contributed by atoms with Crippen LogP contribution in [0.1, 0.15) is 22.4 Å². The quantitative estimate of drug-likeness (QED) is 0.594. The van der Waals surface area contributed by atoms with Crippen molar-refractivity contribution < 1.29 is 4.57 Å². The number of benzene rings is 2. The maximum atomic E-state index is 13.8. The molecule has 108 valence electrons. The molecule has 1 aliphatic rings. The van der Waals surface area contributed by atoms with Gasteiger partial charge in [0.15, 0.2) is 7.29 Å². The molecule has 1 heterocycles. The highest BCUT2D eigenvalue weighted by atomic mass is 31.2. The Kier molecular flexibility index (Phi) is 3.84. The van der Waals surface area contributed by atoms with Gasteiger partial charge in [-0.15, -0.1) is 0 Å². The minimum atomic E-state index is -2.58. The van der Waals surface area contributed by atoms with Crippen molar-refractivity contribution in [1.82, 2.24) is 4.67 Å². The fraction of sp³-hybridized carbons (Fsp3) is 0.222. The molecule has 0 spiro atoms. The molecule has 0 bridgehead atoms. The number of nitrogens with zero attached hydrogens (tertiary/aromatic N) is 1. The maximum absolute atomic E-state index is 13.8. The first-order chi connectivity index (χ1) is 10.1. The van der Waals surface area contributed by atoms with E-state index in [1.54, 1.807) is 0 Å². The van der Waals surface area contributed by atoms with E-state index in [4.69, 9.17) is 0 Å². The SMILES string of the molecule is CN(C)P1(=O)C(c2ccccc2)C=CC1c1ccccc1. The van der Waals surface area contributed by atoms with Crippen molar-refractivity contribution in [3.05, 3.63) is 83.9 Å². The third kappa shape index (κ3) is 2.39. The van der Waals surface area contributed by atoms with Gasteiger partial charge >= 0.3 is 0 Å². The topological polar surface area (TPSA) is 20.3 Å². The fourth-order valence-corrected chi connectivity index (χ4v) is 6.31. The van der Waals surface area contributed by atoms with E-state index in [-0.39, 0.29) is 11.3 Å². The molecule has 2 aromatic carbocycles. The Hall–Kier alpha value is -1.63. The molecule has 21 heavy (non-hydrogen) atoms. The van der Waals surface area contributed by atoms with Gasteiger partial charge in [0.25, 0.3) is 0 Å². The molecule has 0 amide bonds. The van der Waals surface area contributed by atoms with Gasteiger partial charge < -0.3 is 4.57 Å². The minimum absolute atomic E-state index is 0.0288. The molecule has 0 saturated heterocycles. The molecule has 0 N–H and O–H groups in total. The second-order valence-electron chi connectivity index (χ2n) is 5.62. The molecule has 0 saturated carbocycles. The van der Waals surface area contributed by atoms with E-state index in [9.17, 15) is 4.57 Å².